The number of halogens is 1. The third-order valence-electron chi connectivity index (χ3n) is 3.47. The summed E-state index contributed by atoms with van der Waals surface area (Å²) in [5.74, 6) is -0.922. The molecule has 0 fully saturated rings. The molecular formula is C18H14ClNO2. The van der Waals surface area contributed by atoms with Crippen molar-refractivity contribution in [3.63, 3.8) is 0 Å². The normalized spacial score (nSPS) is 10.6. The van der Waals surface area contributed by atoms with Gasteiger partial charge in [-0.2, -0.15) is 0 Å². The monoisotopic (exact) mass is 311 g/mol. The summed E-state index contributed by atoms with van der Waals surface area (Å²) < 4.78 is 1.88. The lowest BCUT2D eigenvalue weighted by Crippen LogP contribution is -1.98. The molecule has 0 atom stereocenters. The fourth-order valence-electron chi connectivity index (χ4n) is 2.42. The van der Waals surface area contributed by atoms with Crippen LogP contribution in [-0.4, -0.2) is 15.6 Å². The summed E-state index contributed by atoms with van der Waals surface area (Å²) in [7, 11) is 0. The average Bonchev–Trinajstić information content (AvgIpc) is 2.95. The van der Waals surface area contributed by atoms with Gasteiger partial charge in [0, 0.05) is 29.5 Å². The Hall–Kier alpha value is -2.52. The highest BCUT2D eigenvalue weighted by Crippen LogP contribution is 2.25. The highest BCUT2D eigenvalue weighted by atomic mass is 35.5. The summed E-state index contributed by atoms with van der Waals surface area (Å²) in [5, 5.41) is 10.1. The molecule has 0 radical (unpaired) electrons. The number of benzene rings is 2. The van der Waals surface area contributed by atoms with Crippen LogP contribution in [-0.2, 0) is 6.54 Å². The SMILES string of the molecule is O=C(O)c1cn(Cc2ccc(Cl)cc2)cc1-c1ccccc1. The highest BCUT2D eigenvalue weighted by Gasteiger charge is 2.15. The number of nitrogens with zero attached hydrogens (tertiary/aromatic N) is 1. The number of hydrogen-bond donors (Lipinski definition) is 1. The molecule has 0 aliphatic carbocycles. The van der Waals surface area contributed by atoms with Gasteiger partial charge >= 0.3 is 5.97 Å². The lowest BCUT2D eigenvalue weighted by Gasteiger charge is -2.03. The maximum absolute atomic E-state index is 11.5. The van der Waals surface area contributed by atoms with Gasteiger partial charge in [0.15, 0.2) is 0 Å². The Kier molecular flexibility index (Phi) is 3.98. The maximum Gasteiger partial charge on any atom is 0.337 e. The van der Waals surface area contributed by atoms with Gasteiger partial charge in [0.25, 0.3) is 0 Å². The van der Waals surface area contributed by atoms with E-state index in [1.807, 2.05) is 65.4 Å². The van der Waals surface area contributed by atoms with E-state index in [4.69, 9.17) is 11.6 Å². The maximum atomic E-state index is 11.5. The van der Waals surface area contributed by atoms with Crippen LogP contribution in [0.2, 0.25) is 5.02 Å². The predicted octanol–water partition coefficient (Wildman–Crippen LogP) is 4.56. The first-order valence-electron chi connectivity index (χ1n) is 6.86. The molecule has 0 amide bonds. The standard InChI is InChI=1S/C18H14ClNO2/c19-15-8-6-13(7-9-15)10-20-11-16(17(12-20)18(21)22)14-4-2-1-3-5-14/h1-9,11-12H,10H2,(H,21,22). The van der Waals surface area contributed by atoms with Gasteiger partial charge in [-0.25, -0.2) is 4.79 Å². The molecule has 0 bridgehead atoms. The van der Waals surface area contributed by atoms with Crippen LogP contribution in [0.4, 0.5) is 0 Å². The zero-order chi connectivity index (χ0) is 15.5. The van der Waals surface area contributed by atoms with Crippen LogP contribution in [0, 0.1) is 0 Å². The van der Waals surface area contributed by atoms with E-state index >= 15 is 0 Å². The Labute approximate surface area is 133 Å². The van der Waals surface area contributed by atoms with Gasteiger partial charge in [0.2, 0.25) is 0 Å². The Balaban J connectivity index is 1.97. The molecule has 0 aliphatic heterocycles. The van der Waals surface area contributed by atoms with Gasteiger partial charge in [-0.3, -0.25) is 0 Å². The molecule has 0 unspecified atom stereocenters. The zero-order valence-corrected chi connectivity index (χ0v) is 12.5. The molecule has 3 rings (SSSR count). The van der Waals surface area contributed by atoms with Gasteiger partial charge in [-0.05, 0) is 23.3 Å². The van der Waals surface area contributed by atoms with Gasteiger partial charge in [-0.1, -0.05) is 54.1 Å². The number of carboxylic acid groups (broad SMARTS) is 1. The molecule has 1 heterocycles. The molecule has 0 saturated heterocycles. The second-order valence-electron chi connectivity index (χ2n) is 5.06. The van der Waals surface area contributed by atoms with E-state index in [2.05, 4.69) is 0 Å². The van der Waals surface area contributed by atoms with E-state index in [1.54, 1.807) is 6.20 Å². The van der Waals surface area contributed by atoms with E-state index in [1.165, 1.54) is 0 Å². The van der Waals surface area contributed by atoms with Crippen LogP contribution in [0.3, 0.4) is 0 Å². The topological polar surface area (TPSA) is 42.2 Å². The number of aromatic carboxylic acids is 1. The Morgan fingerprint density at radius 2 is 1.68 bits per heavy atom. The van der Waals surface area contributed by atoms with Crippen LogP contribution in [0.5, 0.6) is 0 Å². The van der Waals surface area contributed by atoms with Crippen molar-refractivity contribution in [3.05, 3.63) is 83.1 Å². The molecule has 3 nitrogen and oxygen atoms in total. The molecule has 1 N–H and O–H groups in total. The Morgan fingerprint density at radius 3 is 2.32 bits per heavy atom. The second-order valence-corrected chi connectivity index (χ2v) is 5.49. The first kappa shape index (κ1) is 14.4. The van der Waals surface area contributed by atoms with Gasteiger partial charge in [0.1, 0.15) is 0 Å². The summed E-state index contributed by atoms with van der Waals surface area (Å²) in [6.07, 6.45) is 3.53. The Morgan fingerprint density at radius 1 is 1.00 bits per heavy atom. The van der Waals surface area contributed by atoms with Crippen molar-refractivity contribution in [3.8, 4) is 11.1 Å². The average molecular weight is 312 g/mol. The molecule has 0 aliphatic rings. The van der Waals surface area contributed by atoms with Crippen LogP contribution >= 0.6 is 11.6 Å². The fraction of sp³-hybridized carbons (Fsp3) is 0.0556. The zero-order valence-electron chi connectivity index (χ0n) is 11.7. The van der Waals surface area contributed by atoms with Crippen molar-refractivity contribution in [1.82, 2.24) is 4.57 Å². The van der Waals surface area contributed by atoms with Crippen molar-refractivity contribution in [1.29, 1.82) is 0 Å². The summed E-state index contributed by atoms with van der Waals surface area (Å²) >= 11 is 5.88. The third kappa shape index (κ3) is 3.05. The van der Waals surface area contributed by atoms with Crippen LogP contribution < -0.4 is 0 Å². The van der Waals surface area contributed by atoms with Gasteiger partial charge in [0.05, 0.1) is 5.56 Å². The Bertz CT molecular complexity index is 792. The molecule has 110 valence electrons. The number of aromatic nitrogens is 1. The highest BCUT2D eigenvalue weighted by molar-refractivity contribution is 6.30. The van der Waals surface area contributed by atoms with Crippen molar-refractivity contribution in [2.75, 3.05) is 0 Å². The minimum Gasteiger partial charge on any atom is -0.478 e. The minimum absolute atomic E-state index is 0.306. The quantitative estimate of drug-likeness (QED) is 0.767. The first-order chi connectivity index (χ1) is 10.6. The lowest BCUT2D eigenvalue weighted by molar-refractivity contribution is 0.0697. The molecule has 4 heteroatoms. The number of carbonyl (C=O) groups is 1. The summed E-state index contributed by atoms with van der Waals surface area (Å²) in [5.41, 5.74) is 2.99. The molecular weight excluding hydrogens is 298 g/mol. The second kappa shape index (κ2) is 6.08. The predicted molar refractivity (Wildman–Crippen MR) is 87.4 cm³/mol. The van der Waals surface area contributed by atoms with Crippen LogP contribution in [0.1, 0.15) is 15.9 Å². The van der Waals surface area contributed by atoms with E-state index < -0.39 is 5.97 Å². The number of hydrogen-bond acceptors (Lipinski definition) is 1. The van der Waals surface area contributed by atoms with Crippen molar-refractivity contribution in [2.45, 2.75) is 6.54 Å². The van der Waals surface area contributed by atoms with Crippen molar-refractivity contribution >= 4 is 17.6 Å². The van der Waals surface area contributed by atoms with Crippen molar-refractivity contribution in [2.24, 2.45) is 0 Å². The lowest BCUT2D eigenvalue weighted by atomic mass is 10.1. The number of rotatable bonds is 4. The van der Waals surface area contributed by atoms with E-state index in [0.717, 1.165) is 16.7 Å². The first-order valence-corrected chi connectivity index (χ1v) is 7.24. The molecule has 1 aromatic heterocycles. The summed E-state index contributed by atoms with van der Waals surface area (Å²) in [6.45, 7) is 0.601. The fourth-order valence-corrected chi connectivity index (χ4v) is 2.54. The largest absolute Gasteiger partial charge is 0.478 e. The van der Waals surface area contributed by atoms with Crippen LogP contribution in [0.25, 0.3) is 11.1 Å². The van der Waals surface area contributed by atoms with E-state index in [-0.39, 0.29) is 0 Å². The summed E-state index contributed by atoms with van der Waals surface area (Å²) in [6, 6.07) is 17.1. The molecule has 2 aromatic carbocycles. The molecule has 0 saturated carbocycles. The minimum atomic E-state index is -0.922. The van der Waals surface area contributed by atoms with E-state index in [0.29, 0.717) is 17.1 Å². The van der Waals surface area contributed by atoms with Crippen molar-refractivity contribution < 1.29 is 9.90 Å². The molecule has 3 aromatic rings. The number of carboxylic acids is 1. The van der Waals surface area contributed by atoms with Gasteiger partial charge < -0.3 is 9.67 Å². The van der Waals surface area contributed by atoms with E-state index in [9.17, 15) is 9.90 Å². The molecule has 22 heavy (non-hydrogen) atoms. The van der Waals surface area contributed by atoms with Gasteiger partial charge in [-0.15, -0.1) is 0 Å². The smallest absolute Gasteiger partial charge is 0.337 e. The third-order valence-corrected chi connectivity index (χ3v) is 3.73. The summed E-state index contributed by atoms with van der Waals surface area (Å²) in [4.78, 5) is 11.5. The molecule has 0 spiro atoms. The van der Waals surface area contributed by atoms with Crippen LogP contribution in [0.15, 0.2) is 67.0 Å².